The zero-order valence-corrected chi connectivity index (χ0v) is 22.0. The minimum atomic E-state index is -0.660. The van der Waals surface area contributed by atoms with Crippen molar-refractivity contribution in [2.75, 3.05) is 6.61 Å². The smallest absolute Gasteiger partial charge is 0.408 e. The van der Waals surface area contributed by atoms with Crippen LogP contribution in [-0.4, -0.2) is 43.3 Å². The summed E-state index contributed by atoms with van der Waals surface area (Å²) in [4.78, 5) is 17.2. The van der Waals surface area contributed by atoms with Crippen LogP contribution in [0.1, 0.15) is 65.7 Å². The van der Waals surface area contributed by atoms with E-state index in [9.17, 15) is 4.79 Å². The molecule has 1 atom stereocenters. The number of amides is 1. The lowest BCUT2D eigenvalue weighted by atomic mass is 9.93. The van der Waals surface area contributed by atoms with E-state index in [1.165, 1.54) is 0 Å². The molecular weight excluding hydrogens is 468 g/mol. The standard InChI is InChI=1S/C28H34N6O3/c1-27(2,3)37-26(35)32-28(4,5)19-9-11-22(29-16-19)20-10-12-23-21(25(20)18-14-30-31-15-18)17-34(33-23)24-8-6-7-13-36-24/h9-12,14-17,24H,6-8,13H2,1-5H3,(H,30,31)(H,32,35). The molecule has 0 radical (unpaired) electrons. The molecule has 4 aromatic rings. The van der Waals surface area contributed by atoms with Gasteiger partial charge in [0.05, 0.1) is 22.9 Å². The van der Waals surface area contributed by atoms with E-state index in [0.717, 1.165) is 64.7 Å². The number of aromatic nitrogens is 5. The Morgan fingerprint density at radius 2 is 1.97 bits per heavy atom. The Kier molecular flexibility index (Phi) is 6.49. The number of benzene rings is 1. The summed E-state index contributed by atoms with van der Waals surface area (Å²) in [5.41, 5.74) is 4.30. The number of carbonyl (C=O) groups is 1. The number of alkyl carbamates (subject to hydrolysis) is 1. The first-order valence-corrected chi connectivity index (χ1v) is 12.7. The van der Waals surface area contributed by atoms with E-state index >= 15 is 0 Å². The Balaban J connectivity index is 1.49. The molecule has 1 saturated heterocycles. The fraction of sp³-hybridized carbons (Fsp3) is 0.429. The highest BCUT2D eigenvalue weighted by molar-refractivity contribution is 6.02. The molecule has 1 aromatic carbocycles. The molecule has 4 heterocycles. The van der Waals surface area contributed by atoms with Crippen LogP contribution < -0.4 is 5.32 Å². The topological polar surface area (TPSA) is 107 Å². The van der Waals surface area contributed by atoms with E-state index < -0.39 is 17.2 Å². The summed E-state index contributed by atoms with van der Waals surface area (Å²) < 4.78 is 13.3. The van der Waals surface area contributed by atoms with Crippen LogP contribution in [0.4, 0.5) is 4.79 Å². The van der Waals surface area contributed by atoms with Crippen molar-refractivity contribution in [2.45, 2.75) is 71.2 Å². The van der Waals surface area contributed by atoms with Gasteiger partial charge in [-0.1, -0.05) is 6.07 Å². The summed E-state index contributed by atoms with van der Waals surface area (Å²) in [6, 6.07) is 8.04. The normalized spacial score (nSPS) is 16.6. The molecule has 37 heavy (non-hydrogen) atoms. The number of pyridine rings is 1. The second-order valence-corrected chi connectivity index (χ2v) is 11.0. The lowest BCUT2D eigenvalue weighted by Gasteiger charge is -2.29. The molecule has 9 heteroatoms. The molecule has 1 fully saturated rings. The number of ether oxygens (including phenoxy) is 2. The highest BCUT2D eigenvalue weighted by atomic mass is 16.6. The molecule has 3 aromatic heterocycles. The van der Waals surface area contributed by atoms with Crippen LogP contribution in [0.5, 0.6) is 0 Å². The van der Waals surface area contributed by atoms with Gasteiger partial charge < -0.3 is 14.8 Å². The average molecular weight is 503 g/mol. The fourth-order valence-corrected chi connectivity index (χ4v) is 4.66. The Morgan fingerprint density at radius 3 is 2.62 bits per heavy atom. The van der Waals surface area contributed by atoms with Crippen LogP contribution in [0.25, 0.3) is 33.3 Å². The van der Waals surface area contributed by atoms with Crippen molar-refractivity contribution in [1.29, 1.82) is 0 Å². The lowest BCUT2D eigenvalue weighted by Crippen LogP contribution is -2.43. The van der Waals surface area contributed by atoms with E-state index in [1.807, 2.05) is 69.9 Å². The van der Waals surface area contributed by atoms with Crippen molar-refractivity contribution in [2.24, 2.45) is 0 Å². The lowest BCUT2D eigenvalue weighted by molar-refractivity contribution is -0.0390. The summed E-state index contributed by atoms with van der Waals surface area (Å²) in [7, 11) is 0. The zero-order valence-electron chi connectivity index (χ0n) is 22.0. The first-order valence-electron chi connectivity index (χ1n) is 12.7. The molecule has 1 aliphatic heterocycles. The third-order valence-electron chi connectivity index (χ3n) is 6.52. The molecule has 5 rings (SSSR count). The van der Waals surface area contributed by atoms with Crippen LogP contribution in [0.15, 0.2) is 49.1 Å². The van der Waals surface area contributed by atoms with Crippen LogP contribution in [0.3, 0.4) is 0 Å². The van der Waals surface area contributed by atoms with Crippen LogP contribution in [0, 0.1) is 0 Å². The van der Waals surface area contributed by atoms with Crippen molar-refractivity contribution in [3.05, 3.63) is 54.6 Å². The molecule has 1 unspecified atom stereocenters. The maximum atomic E-state index is 12.4. The number of rotatable bonds is 5. The zero-order chi connectivity index (χ0) is 26.2. The summed E-state index contributed by atoms with van der Waals surface area (Å²) in [5, 5.41) is 15.9. The number of aromatic amines is 1. The van der Waals surface area contributed by atoms with Crippen LogP contribution >= 0.6 is 0 Å². The maximum Gasteiger partial charge on any atom is 0.408 e. The first-order chi connectivity index (χ1) is 17.6. The Hall–Kier alpha value is -3.72. The molecule has 0 spiro atoms. The van der Waals surface area contributed by atoms with E-state index in [2.05, 4.69) is 27.8 Å². The molecule has 0 aliphatic carbocycles. The number of nitrogens with one attached hydrogen (secondary N) is 2. The second-order valence-electron chi connectivity index (χ2n) is 11.0. The monoisotopic (exact) mass is 502 g/mol. The molecule has 2 N–H and O–H groups in total. The highest BCUT2D eigenvalue weighted by Gasteiger charge is 2.27. The summed E-state index contributed by atoms with van der Waals surface area (Å²) in [6.45, 7) is 10.1. The number of H-pyrrole nitrogens is 1. The van der Waals surface area contributed by atoms with Gasteiger partial charge in [-0.15, -0.1) is 0 Å². The quantitative estimate of drug-likeness (QED) is 0.349. The van der Waals surface area contributed by atoms with Gasteiger partial charge in [-0.3, -0.25) is 10.1 Å². The van der Waals surface area contributed by atoms with Gasteiger partial charge in [0.1, 0.15) is 11.8 Å². The largest absolute Gasteiger partial charge is 0.444 e. The predicted octanol–water partition coefficient (Wildman–Crippen LogP) is 5.95. The van der Waals surface area contributed by atoms with Gasteiger partial charge in [0.25, 0.3) is 0 Å². The summed E-state index contributed by atoms with van der Waals surface area (Å²) in [6.07, 6.45) is 10.2. The molecule has 194 valence electrons. The summed E-state index contributed by atoms with van der Waals surface area (Å²) >= 11 is 0. The van der Waals surface area contributed by atoms with E-state index in [0.29, 0.717) is 0 Å². The molecular formula is C28H34N6O3. The minimum absolute atomic E-state index is 0.0427. The van der Waals surface area contributed by atoms with Gasteiger partial charge in [-0.2, -0.15) is 10.2 Å². The molecule has 0 bridgehead atoms. The Labute approximate surface area is 216 Å². The minimum Gasteiger partial charge on any atom is -0.444 e. The molecule has 1 aliphatic rings. The van der Waals surface area contributed by atoms with Crippen molar-refractivity contribution in [3.8, 4) is 22.4 Å². The number of hydrogen-bond donors (Lipinski definition) is 2. The van der Waals surface area contributed by atoms with Crippen molar-refractivity contribution in [3.63, 3.8) is 0 Å². The second kappa shape index (κ2) is 9.63. The van der Waals surface area contributed by atoms with Crippen LogP contribution in [0.2, 0.25) is 0 Å². The van der Waals surface area contributed by atoms with Gasteiger partial charge in [-0.25, -0.2) is 9.48 Å². The number of fused-ring (bicyclic) bond motifs is 1. The molecule has 9 nitrogen and oxygen atoms in total. The van der Waals surface area contributed by atoms with Crippen molar-refractivity contribution in [1.82, 2.24) is 30.3 Å². The van der Waals surface area contributed by atoms with Gasteiger partial charge >= 0.3 is 6.09 Å². The molecule has 1 amide bonds. The number of nitrogens with zero attached hydrogens (tertiary/aromatic N) is 4. The van der Waals surface area contributed by atoms with Gasteiger partial charge in [0.2, 0.25) is 0 Å². The summed E-state index contributed by atoms with van der Waals surface area (Å²) in [5.74, 6) is 0. The SMILES string of the molecule is CC(C)(C)OC(=O)NC(C)(C)c1ccc(-c2ccc3nn(C4CCCCO4)cc3c2-c2cn[nH]c2)nc1. The van der Waals surface area contributed by atoms with E-state index in [-0.39, 0.29) is 6.23 Å². The highest BCUT2D eigenvalue weighted by Crippen LogP contribution is 2.38. The fourth-order valence-electron chi connectivity index (χ4n) is 4.66. The first kappa shape index (κ1) is 25.0. The van der Waals surface area contributed by atoms with Crippen molar-refractivity contribution < 1.29 is 14.3 Å². The third-order valence-corrected chi connectivity index (χ3v) is 6.52. The molecule has 0 saturated carbocycles. The van der Waals surface area contributed by atoms with Gasteiger partial charge in [0.15, 0.2) is 0 Å². The predicted molar refractivity (Wildman–Crippen MR) is 142 cm³/mol. The number of carbonyl (C=O) groups excluding carboxylic acids is 1. The van der Waals surface area contributed by atoms with E-state index in [4.69, 9.17) is 19.6 Å². The van der Waals surface area contributed by atoms with E-state index in [1.54, 1.807) is 6.20 Å². The average Bonchev–Trinajstić information content (AvgIpc) is 3.53. The third kappa shape index (κ3) is 5.36. The van der Waals surface area contributed by atoms with Gasteiger partial charge in [0, 0.05) is 47.3 Å². The van der Waals surface area contributed by atoms with Gasteiger partial charge in [-0.05, 0) is 77.6 Å². The maximum absolute atomic E-state index is 12.4. The van der Waals surface area contributed by atoms with Crippen LogP contribution in [-0.2, 0) is 15.0 Å². The Bertz CT molecular complexity index is 1380. The Morgan fingerprint density at radius 1 is 1.14 bits per heavy atom. The number of hydrogen-bond acceptors (Lipinski definition) is 6. The van der Waals surface area contributed by atoms with Crippen molar-refractivity contribution >= 4 is 17.0 Å².